The molecule has 5 nitrogen and oxygen atoms in total. The van der Waals surface area contributed by atoms with Crippen molar-refractivity contribution in [2.75, 3.05) is 19.6 Å². The van der Waals surface area contributed by atoms with Gasteiger partial charge in [0.05, 0.1) is 18.2 Å². The lowest BCUT2D eigenvalue weighted by Crippen LogP contribution is -2.43. The Kier molecular flexibility index (Phi) is 4.62. The number of carbonyl (C=O) groups is 1. The van der Waals surface area contributed by atoms with Crippen LogP contribution < -0.4 is 10.1 Å². The van der Waals surface area contributed by atoms with E-state index >= 15 is 0 Å². The third-order valence-electron chi connectivity index (χ3n) is 4.18. The summed E-state index contributed by atoms with van der Waals surface area (Å²) >= 11 is 0. The van der Waals surface area contributed by atoms with E-state index < -0.39 is 24.0 Å². The minimum atomic E-state index is -4.44. The summed E-state index contributed by atoms with van der Waals surface area (Å²) < 4.78 is 56.1. The van der Waals surface area contributed by atoms with Crippen molar-refractivity contribution in [1.29, 1.82) is 0 Å². The Morgan fingerprint density at radius 2 is 2.17 bits per heavy atom. The summed E-state index contributed by atoms with van der Waals surface area (Å²) in [5.41, 5.74) is -0.842. The maximum atomic E-state index is 13.2. The van der Waals surface area contributed by atoms with E-state index in [0.717, 1.165) is 12.3 Å². The molecule has 0 saturated carbocycles. The van der Waals surface area contributed by atoms with Gasteiger partial charge in [-0.2, -0.15) is 13.2 Å². The van der Waals surface area contributed by atoms with Crippen LogP contribution in [0.5, 0.6) is 5.88 Å². The molecule has 3 heterocycles. The van der Waals surface area contributed by atoms with E-state index in [0.29, 0.717) is 19.5 Å². The van der Waals surface area contributed by atoms with Gasteiger partial charge in [0.25, 0.3) is 0 Å². The molecule has 0 spiro atoms. The van der Waals surface area contributed by atoms with Gasteiger partial charge in [-0.05, 0) is 6.07 Å². The number of amides is 1. The van der Waals surface area contributed by atoms with Crippen LogP contribution in [0.15, 0.2) is 18.3 Å². The fourth-order valence-electron chi connectivity index (χ4n) is 2.91. The molecule has 1 aromatic rings. The van der Waals surface area contributed by atoms with E-state index in [1.165, 1.54) is 6.07 Å². The minimum absolute atomic E-state index is 0.0881. The first-order valence-corrected chi connectivity index (χ1v) is 7.69. The molecule has 0 aliphatic carbocycles. The van der Waals surface area contributed by atoms with Crippen molar-refractivity contribution in [3.63, 3.8) is 0 Å². The minimum Gasteiger partial charge on any atom is -0.472 e. The first-order valence-electron chi connectivity index (χ1n) is 7.69. The number of carbonyl (C=O) groups excluding carboxylic acids is 1. The third-order valence-corrected chi connectivity index (χ3v) is 4.18. The molecule has 3 atom stereocenters. The van der Waals surface area contributed by atoms with Crippen LogP contribution >= 0.6 is 0 Å². The first-order chi connectivity index (χ1) is 11.3. The summed E-state index contributed by atoms with van der Waals surface area (Å²) in [4.78, 5) is 17.5. The summed E-state index contributed by atoms with van der Waals surface area (Å²) in [6.45, 7) is 0.968. The van der Waals surface area contributed by atoms with Crippen molar-refractivity contribution in [3.05, 3.63) is 23.9 Å². The molecule has 0 unspecified atom stereocenters. The van der Waals surface area contributed by atoms with Gasteiger partial charge in [0, 0.05) is 38.2 Å². The molecule has 2 saturated heterocycles. The van der Waals surface area contributed by atoms with Gasteiger partial charge in [0.1, 0.15) is 12.3 Å². The van der Waals surface area contributed by atoms with Gasteiger partial charge in [-0.15, -0.1) is 0 Å². The second kappa shape index (κ2) is 6.54. The predicted octanol–water partition coefficient (Wildman–Crippen LogP) is 1.78. The molecular formula is C15H17F4N3O2. The van der Waals surface area contributed by atoms with E-state index in [-0.39, 0.29) is 30.9 Å². The van der Waals surface area contributed by atoms with Gasteiger partial charge >= 0.3 is 6.18 Å². The molecule has 1 aromatic heterocycles. The number of likely N-dealkylation sites (tertiary alicyclic amines) is 1. The number of aromatic nitrogens is 1. The Hall–Kier alpha value is -1.90. The molecule has 0 bridgehead atoms. The fourth-order valence-corrected chi connectivity index (χ4v) is 2.91. The third kappa shape index (κ3) is 3.77. The number of nitrogens with zero attached hydrogens (tertiary/aromatic N) is 2. The van der Waals surface area contributed by atoms with Gasteiger partial charge in [0.15, 0.2) is 0 Å². The van der Waals surface area contributed by atoms with E-state index in [2.05, 4.69) is 10.3 Å². The van der Waals surface area contributed by atoms with Crippen LogP contribution in [-0.4, -0.2) is 53.7 Å². The van der Waals surface area contributed by atoms with Crippen LogP contribution in [0.1, 0.15) is 18.4 Å². The first kappa shape index (κ1) is 16.9. The zero-order valence-electron chi connectivity index (χ0n) is 12.7. The van der Waals surface area contributed by atoms with Crippen molar-refractivity contribution in [2.24, 2.45) is 0 Å². The van der Waals surface area contributed by atoms with E-state index in [9.17, 15) is 22.4 Å². The molecule has 24 heavy (non-hydrogen) atoms. The highest BCUT2D eigenvalue weighted by Crippen LogP contribution is 2.29. The number of pyridine rings is 1. The standard InChI is InChI=1S/C15H17F4N3O2/c16-10-5-12(20-7-10)14(23)22-4-3-11(8-22)24-13-2-1-9(6-21-13)15(17,18)19/h1-2,6,10-12,20H,3-5,7-8H2/t10-,11-,12+/m0/s1. The van der Waals surface area contributed by atoms with Crippen molar-refractivity contribution in [2.45, 2.75) is 37.3 Å². The number of ether oxygens (including phenoxy) is 1. The zero-order chi connectivity index (χ0) is 17.3. The van der Waals surface area contributed by atoms with Gasteiger partial charge in [-0.1, -0.05) is 0 Å². The van der Waals surface area contributed by atoms with Gasteiger partial charge in [-0.3, -0.25) is 4.79 Å². The summed E-state index contributed by atoms with van der Waals surface area (Å²) in [5.74, 6) is -0.0771. The van der Waals surface area contributed by atoms with Crippen molar-refractivity contribution in [1.82, 2.24) is 15.2 Å². The van der Waals surface area contributed by atoms with Gasteiger partial charge in [-0.25, -0.2) is 9.37 Å². The molecule has 0 aromatic carbocycles. The zero-order valence-corrected chi connectivity index (χ0v) is 12.7. The number of rotatable bonds is 3. The fraction of sp³-hybridized carbons (Fsp3) is 0.600. The van der Waals surface area contributed by atoms with E-state index in [1.807, 2.05) is 0 Å². The molecule has 1 amide bonds. The molecule has 2 fully saturated rings. The average molecular weight is 347 g/mol. The molecule has 2 aliphatic rings. The molecule has 0 radical (unpaired) electrons. The molecule has 2 aliphatic heterocycles. The van der Waals surface area contributed by atoms with Gasteiger partial charge in [0.2, 0.25) is 11.8 Å². The van der Waals surface area contributed by atoms with Crippen LogP contribution in [-0.2, 0) is 11.0 Å². The summed E-state index contributed by atoms with van der Waals surface area (Å²) in [6.07, 6.45) is -4.34. The molecule has 1 N–H and O–H groups in total. The topological polar surface area (TPSA) is 54.5 Å². The average Bonchev–Trinajstić information content (AvgIpc) is 3.15. The highest BCUT2D eigenvalue weighted by Gasteiger charge is 2.36. The van der Waals surface area contributed by atoms with Crippen LogP contribution in [0.3, 0.4) is 0 Å². The van der Waals surface area contributed by atoms with Crippen molar-refractivity contribution >= 4 is 5.91 Å². The summed E-state index contributed by atoms with van der Waals surface area (Å²) in [6, 6.07) is 1.56. The van der Waals surface area contributed by atoms with Crippen LogP contribution in [0, 0.1) is 0 Å². The van der Waals surface area contributed by atoms with Crippen LogP contribution in [0.25, 0.3) is 0 Å². The predicted molar refractivity (Wildman–Crippen MR) is 76.2 cm³/mol. The summed E-state index contributed by atoms with van der Waals surface area (Å²) in [7, 11) is 0. The lowest BCUT2D eigenvalue weighted by atomic mass is 10.2. The number of hydrogen-bond donors (Lipinski definition) is 1. The maximum absolute atomic E-state index is 13.2. The Morgan fingerprint density at radius 1 is 1.38 bits per heavy atom. The highest BCUT2D eigenvalue weighted by molar-refractivity contribution is 5.82. The lowest BCUT2D eigenvalue weighted by Gasteiger charge is -2.20. The lowest BCUT2D eigenvalue weighted by molar-refractivity contribution is -0.138. The Labute approximate surface area is 136 Å². The SMILES string of the molecule is O=C([C@H]1C[C@H](F)CN1)N1CC[C@H](Oc2ccc(C(F)(F)F)cn2)C1. The highest BCUT2D eigenvalue weighted by atomic mass is 19.4. The summed E-state index contributed by atoms with van der Waals surface area (Å²) in [5, 5.41) is 2.84. The second-order valence-corrected chi connectivity index (χ2v) is 5.99. The van der Waals surface area contributed by atoms with E-state index in [1.54, 1.807) is 4.90 Å². The van der Waals surface area contributed by atoms with Crippen molar-refractivity contribution in [3.8, 4) is 5.88 Å². The molecule has 132 valence electrons. The Balaban J connectivity index is 1.53. The molecule has 3 rings (SSSR count). The molecular weight excluding hydrogens is 330 g/mol. The normalized spacial score (nSPS) is 27.5. The van der Waals surface area contributed by atoms with Crippen molar-refractivity contribution < 1.29 is 27.1 Å². The number of hydrogen-bond acceptors (Lipinski definition) is 4. The number of nitrogens with one attached hydrogen (secondary N) is 1. The largest absolute Gasteiger partial charge is 0.472 e. The van der Waals surface area contributed by atoms with E-state index in [4.69, 9.17) is 4.74 Å². The second-order valence-electron chi connectivity index (χ2n) is 5.99. The number of alkyl halides is 4. The van der Waals surface area contributed by atoms with Crippen LogP contribution in [0.2, 0.25) is 0 Å². The number of halogens is 4. The van der Waals surface area contributed by atoms with Crippen LogP contribution in [0.4, 0.5) is 17.6 Å². The quantitative estimate of drug-likeness (QED) is 0.847. The van der Waals surface area contributed by atoms with Gasteiger partial charge < -0.3 is 15.0 Å². The smallest absolute Gasteiger partial charge is 0.417 e. The maximum Gasteiger partial charge on any atom is 0.417 e. The monoisotopic (exact) mass is 347 g/mol. The Bertz CT molecular complexity index is 593. The molecule has 9 heteroatoms. The Morgan fingerprint density at radius 3 is 2.75 bits per heavy atom.